The van der Waals surface area contributed by atoms with Crippen molar-refractivity contribution < 1.29 is 13.9 Å². The third kappa shape index (κ3) is 3.20. The molecule has 1 heterocycles. The number of hydrogen-bond donors (Lipinski definition) is 1. The number of rotatable bonds is 6. The van der Waals surface area contributed by atoms with Gasteiger partial charge < -0.3 is 14.5 Å². The molecule has 4 nitrogen and oxygen atoms in total. The molecule has 0 saturated heterocycles. The fraction of sp³-hybridized carbons (Fsp3) is 0.438. The molecular weight excluding hydrogens is 254 g/mol. The fourth-order valence-electron chi connectivity index (χ4n) is 2.32. The first-order chi connectivity index (χ1) is 9.63. The van der Waals surface area contributed by atoms with Crippen molar-refractivity contribution in [3.8, 4) is 0 Å². The van der Waals surface area contributed by atoms with E-state index in [9.17, 15) is 4.79 Å². The molecule has 0 radical (unpaired) electrons. The van der Waals surface area contributed by atoms with Gasteiger partial charge in [0.2, 0.25) is 0 Å². The molecule has 4 heteroatoms. The molecule has 1 N–H and O–H groups in total. The summed E-state index contributed by atoms with van der Waals surface area (Å²) in [4.78, 5) is 11.3. The summed E-state index contributed by atoms with van der Waals surface area (Å²) < 4.78 is 10.8. The minimum atomic E-state index is -0.173. The Morgan fingerprint density at radius 2 is 2.15 bits per heavy atom. The zero-order chi connectivity index (χ0) is 14.5. The summed E-state index contributed by atoms with van der Waals surface area (Å²) in [5, 5.41) is 4.44. The molecule has 1 unspecified atom stereocenters. The molecule has 0 amide bonds. The highest BCUT2D eigenvalue weighted by Crippen LogP contribution is 2.28. The van der Waals surface area contributed by atoms with Gasteiger partial charge in [0, 0.05) is 11.9 Å². The maximum Gasteiger partial charge on any atom is 0.307 e. The van der Waals surface area contributed by atoms with Crippen LogP contribution in [-0.4, -0.2) is 19.1 Å². The molecule has 0 aliphatic heterocycles. The zero-order valence-electron chi connectivity index (χ0n) is 12.2. The second-order valence-corrected chi connectivity index (χ2v) is 4.82. The highest BCUT2D eigenvalue weighted by atomic mass is 16.5. The molecule has 1 aromatic carbocycles. The summed E-state index contributed by atoms with van der Waals surface area (Å²) in [7, 11) is 0. The smallest absolute Gasteiger partial charge is 0.307 e. The maximum absolute atomic E-state index is 11.3. The number of benzene rings is 1. The molecule has 0 bridgehead atoms. The van der Waals surface area contributed by atoms with Gasteiger partial charge in [0.1, 0.15) is 11.3 Å². The molecule has 0 aliphatic carbocycles. The van der Waals surface area contributed by atoms with Crippen LogP contribution in [0.4, 0.5) is 0 Å². The average molecular weight is 275 g/mol. The number of ether oxygens (including phenoxy) is 1. The van der Waals surface area contributed by atoms with E-state index in [2.05, 4.69) is 18.3 Å². The third-order valence-corrected chi connectivity index (χ3v) is 3.36. The van der Waals surface area contributed by atoms with Crippen molar-refractivity contribution in [1.29, 1.82) is 0 Å². The molecule has 0 saturated carbocycles. The highest BCUT2D eigenvalue weighted by molar-refractivity contribution is 5.82. The Labute approximate surface area is 119 Å². The standard InChI is InChI=1S/C16H21NO3/c1-4-19-15(18)9-10-17-12(3)16-11(2)13-7-5-6-8-14(13)20-16/h5-8,12,17H,4,9-10H2,1-3H3. The van der Waals surface area contributed by atoms with Gasteiger partial charge in [0.15, 0.2) is 0 Å². The van der Waals surface area contributed by atoms with Crippen LogP contribution >= 0.6 is 0 Å². The zero-order valence-corrected chi connectivity index (χ0v) is 12.2. The van der Waals surface area contributed by atoms with E-state index in [1.807, 2.05) is 32.0 Å². The summed E-state index contributed by atoms with van der Waals surface area (Å²) in [6.45, 7) is 6.92. The summed E-state index contributed by atoms with van der Waals surface area (Å²) in [6.07, 6.45) is 0.372. The normalized spacial score (nSPS) is 12.6. The largest absolute Gasteiger partial charge is 0.466 e. The van der Waals surface area contributed by atoms with E-state index in [0.29, 0.717) is 19.6 Å². The van der Waals surface area contributed by atoms with Gasteiger partial charge in [0.25, 0.3) is 0 Å². The number of carbonyl (C=O) groups excluding carboxylic acids is 1. The van der Waals surface area contributed by atoms with E-state index in [-0.39, 0.29) is 12.0 Å². The van der Waals surface area contributed by atoms with Gasteiger partial charge in [-0.25, -0.2) is 0 Å². The Hall–Kier alpha value is -1.81. The van der Waals surface area contributed by atoms with Gasteiger partial charge in [-0.3, -0.25) is 4.79 Å². The lowest BCUT2D eigenvalue weighted by atomic mass is 10.1. The van der Waals surface area contributed by atoms with Crippen LogP contribution in [-0.2, 0) is 9.53 Å². The van der Waals surface area contributed by atoms with Crippen molar-refractivity contribution in [3.63, 3.8) is 0 Å². The second kappa shape index (κ2) is 6.57. The predicted molar refractivity (Wildman–Crippen MR) is 78.6 cm³/mol. The molecule has 2 aromatic rings. The molecule has 1 aromatic heterocycles. The van der Waals surface area contributed by atoms with Crippen molar-refractivity contribution in [2.45, 2.75) is 33.2 Å². The van der Waals surface area contributed by atoms with Crippen LogP contribution in [0, 0.1) is 6.92 Å². The number of para-hydroxylation sites is 1. The van der Waals surface area contributed by atoms with Crippen molar-refractivity contribution in [3.05, 3.63) is 35.6 Å². The molecule has 0 aliphatic rings. The van der Waals surface area contributed by atoms with Crippen molar-refractivity contribution in [2.24, 2.45) is 0 Å². The number of esters is 1. The van der Waals surface area contributed by atoms with Crippen LogP contribution in [0.3, 0.4) is 0 Å². The number of hydrogen-bond acceptors (Lipinski definition) is 4. The van der Waals surface area contributed by atoms with Crippen molar-refractivity contribution in [2.75, 3.05) is 13.2 Å². The third-order valence-electron chi connectivity index (χ3n) is 3.36. The first-order valence-electron chi connectivity index (χ1n) is 7.00. The van der Waals surface area contributed by atoms with Gasteiger partial charge in [-0.1, -0.05) is 18.2 Å². The summed E-state index contributed by atoms with van der Waals surface area (Å²) >= 11 is 0. The summed E-state index contributed by atoms with van der Waals surface area (Å²) in [5.41, 5.74) is 2.05. The van der Waals surface area contributed by atoms with E-state index in [1.54, 1.807) is 0 Å². The summed E-state index contributed by atoms with van der Waals surface area (Å²) in [6, 6.07) is 8.07. The van der Waals surface area contributed by atoms with Crippen molar-refractivity contribution >= 4 is 16.9 Å². The van der Waals surface area contributed by atoms with Crippen LogP contribution in [0.5, 0.6) is 0 Å². The van der Waals surface area contributed by atoms with Gasteiger partial charge in [-0.05, 0) is 32.4 Å². The SMILES string of the molecule is CCOC(=O)CCNC(C)c1oc2ccccc2c1C. The molecular formula is C16H21NO3. The number of carbonyl (C=O) groups is 1. The Morgan fingerprint density at radius 3 is 2.85 bits per heavy atom. The van der Waals surface area contributed by atoms with Gasteiger partial charge in [-0.15, -0.1) is 0 Å². The van der Waals surface area contributed by atoms with Gasteiger partial charge >= 0.3 is 5.97 Å². The Morgan fingerprint density at radius 1 is 1.40 bits per heavy atom. The van der Waals surface area contributed by atoms with E-state index >= 15 is 0 Å². The van der Waals surface area contributed by atoms with Crippen LogP contribution in [0.1, 0.15) is 37.6 Å². The molecule has 1 atom stereocenters. The van der Waals surface area contributed by atoms with E-state index in [1.165, 1.54) is 0 Å². The first kappa shape index (κ1) is 14.6. The van der Waals surface area contributed by atoms with Crippen molar-refractivity contribution in [1.82, 2.24) is 5.32 Å². The minimum absolute atomic E-state index is 0.0665. The summed E-state index contributed by atoms with van der Waals surface area (Å²) in [5.74, 6) is 0.753. The number of aryl methyl sites for hydroxylation is 1. The Kier molecular flexibility index (Phi) is 4.79. The fourth-order valence-corrected chi connectivity index (χ4v) is 2.32. The van der Waals surface area contributed by atoms with Gasteiger partial charge in [-0.2, -0.15) is 0 Å². The Bertz CT molecular complexity index is 588. The van der Waals surface area contributed by atoms with Gasteiger partial charge in [0.05, 0.1) is 19.1 Å². The lowest BCUT2D eigenvalue weighted by Gasteiger charge is -2.12. The molecule has 2 rings (SSSR count). The lowest BCUT2D eigenvalue weighted by Crippen LogP contribution is -2.22. The van der Waals surface area contributed by atoms with Crippen LogP contribution in [0.2, 0.25) is 0 Å². The minimum Gasteiger partial charge on any atom is -0.466 e. The van der Waals surface area contributed by atoms with Crippen LogP contribution in [0.15, 0.2) is 28.7 Å². The topological polar surface area (TPSA) is 51.5 Å². The van der Waals surface area contributed by atoms with E-state index in [4.69, 9.17) is 9.15 Å². The Balaban J connectivity index is 1.99. The van der Waals surface area contributed by atoms with E-state index < -0.39 is 0 Å². The molecule has 20 heavy (non-hydrogen) atoms. The molecule has 0 fully saturated rings. The lowest BCUT2D eigenvalue weighted by molar-refractivity contribution is -0.143. The second-order valence-electron chi connectivity index (χ2n) is 4.82. The maximum atomic E-state index is 11.3. The average Bonchev–Trinajstić information content (AvgIpc) is 2.77. The number of furan rings is 1. The number of nitrogens with one attached hydrogen (secondary N) is 1. The molecule has 108 valence electrons. The predicted octanol–water partition coefficient (Wildman–Crippen LogP) is 3.35. The monoisotopic (exact) mass is 275 g/mol. The quantitative estimate of drug-likeness (QED) is 0.821. The first-order valence-corrected chi connectivity index (χ1v) is 7.00. The molecule has 0 spiro atoms. The van der Waals surface area contributed by atoms with Crippen LogP contribution in [0.25, 0.3) is 11.0 Å². The number of fused-ring (bicyclic) bond motifs is 1. The highest BCUT2D eigenvalue weighted by Gasteiger charge is 2.16. The van der Waals surface area contributed by atoms with Crippen LogP contribution < -0.4 is 5.32 Å². The van der Waals surface area contributed by atoms with E-state index in [0.717, 1.165) is 22.3 Å².